The van der Waals surface area contributed by atoms with Crippen LogP contribution in [0.4, 0.5) is 24.5 Å². The summed E-state index contributed by atoms with van der Waals surface area (Å²) in [5.41, 5.74) is 1.09. The first-order valence-corrected chi connectivity index (χ1v) is 8.24. The zero-order valence-electron chi connectivity index (χ0n) is 14.6. The molecule has 1 aromatic carbocycles. The summed E-state index contributed by atoms with van der Waals surface area (Å²) in [6.07, 6.45) is -4.58. The molecule has 140 valence electrons. The van der Waals surface area contributed by atoms with Crippen LogP contribution in [0.3, 0.4) is 0 Å². The average Bonchev–Trinajstić information content (AvgIpc) is 2.58. The number of methoxy groups -OCH3 is 1. The molecule has 8 heteroatoms. The van der Waals surface area contributed by atoms with Crippen LogP contribution in [0.25, 0.3) is 0 Å². The summed E-state index contributed by atoms with van der Waals surface area (Å²) in [5.74, 6) is -1.85. The van der Waals surface area contributed by atoms with Gasteiger partial charge in [-0.05, 0) is 31.7 Å². The number of amides is 1. The van der Waals surface area contributed by atoms with Gasteiger partial charge in [0.15, 0.2) is 0 Å². The van der Waals surface area contributed by atoms with Crippen molar-refractivity contribution >= 4 is 17.3 Å². The normalized spacial score (nSPS) is 16.1. The molecule has 0 saturated carbocycles. The quantitative estimate of drug-likeness (QED) is 0.731. The van der Waals surface area contributed by atoms with Crippen LogP contribution in [-0.2, 0) is 9.53 Å². The molecule has 0 atom stereocenters. The Bertz CT molecular complexity index is 573. The van der Waals surface area contributed by atoms with Crippen LogP contribution in [0.5, 0.6) is 0 Å². The first-order valence-electron chi connectivity index (χ1n) is 8.24. The van der Waals surface area contributed by atoms with Crippen LogP contribution in [0.15, 0.2) is 24.3 Å². The molecule has 0 spiro atoms. The Hall–Kier alpha value is -1.80. The summed E-state index contributed by atoms with van der Waals surface area (Å²) in [7, 11) is 3.51. The zero-order valence-corrected chi connectivity index (χ0v) is 14.6. The van der Waals surface area contributed by atoms with Crippen LogP contribution in [0.1, 0.15) is 6.42 Å². The molecule has 1 heterocycles. The molecule has 1 fully saturated rings. The van der Waals surface area contributed by atoms with Gasteiger partial charge in [0, 0.05) is 57.8 Å². The van der Waals surface area contributed by atoms with Gasteiger partial charge in [0.05, 0.1) is 0 Å². The van der Waals surface area contributed by atoms with Crippen LogP contribution in [-0.4, -0.2) is 70.5 Å². The number of carbonyl (C=O) groups is 1. The van der Waals surface area contributed by atoms with E-state index in [4.69, 9.17) is 4.74 Å². The minimum absolute atomic E-state index is 0.0433. The van der Waals surface area contributed by atoms with Crippen molar-refractivity contribution in [2.75, 3.05) is 63.3 Å². The maximum atomic E-state index is 13.0. The summed E-state index contributed by atoms with van der Waals surface area (Å²) in [6, 6.07) is 6.74. The van der Waals surface area contributed by atoms with Crippen LogP contribution < -0.4 is 9.80 Å². The van der Waals surface area contributed by atoms with Gasteiger partial charge in [0.2, 0.25) is 0 Å². The zero-order chi connectivity index (χ0) is 18.4. The van der Waals surface area contributed by atoms with E-state index in [0.29, 0.717) is 13.0 Å². The first-order chi connectivity index (χ1) is 11.8. The molecule has 0 aliphatic carbocycles. The van der Waals surface area contributed by atoms with E-state index in [0.717, 1.165) is 36.8 Å². The van der Waals surface area contributed by atoms with E-state index < -0.39 is 12.1 Å². The number of rotatable bonds is 6. The Labute approximate surface area is 145 Å². The predicted molar refractivity (Wildman–Crippen MR) is 91.1 cm³/mol. The van der Waals surface area contributed by atoms with Crippen molar-refractivity contribution in [2.45, 2.75) is 12.6 Å². The maximum absolute atomic E-state index is 13.0. The number of nitrogens with zero attached hydrogens (tertiary/aromatic N) is 3. The van der Waals surface area contributed by atoms with Crippen LogP contribution in [0.2, 0.25) is 0 Å². The highest BCUT2D eigenvalue weighted by Gasteiger charge is 2.43. The summed E-state index contributed by atoms with van der Waals surface area (Å²) < 4.78 is 43.8. The van der Waals surface area contributed by atoms with E-state index >= 15 is 0 Å². The SMILES string of the molecule is COCCCN(C(=O)C(F)(F)F)c1cccc(N2CCN(C)CC2)c1. The van der Waals surface area contributed by atoms with E-state index in [1.54, 1.807) is 12.1 Å². The molecule has 5 nitrogen and oxygen atoms in total. The maximum Gasteiger partial charge on any atom is 0.471 e. The van der Waals surface area contributed by atoms with Gasteiger partial charge >= 0.3 is 12.1 Å². The minimum atomic E-state index is -4.91. The summed E-state index contributed by atoms with van der Waals surface area (Å²) >= 11 is 0. The van der Waals surface area contributed by atoms with Crippen molar-refractivity contribution < 1.29 is 22.7 Å². The van der Waals surface area contributed by atoms with Crippen molar-refractivity contribution in [1.29, 1.82) is 0 Å². The third-order valence-electron chi connectivity index (χ3n) is 4.23. The van der Waals surface area contributed by atoms with Gasteiger partial charge in [0.25, 0.3) is 0 Å². The molecule has 0 bridgehead atoms. The molecule has 0 radical (unpaired) electrons. The number of hydrogen-bond donors (Lipinski definition) is 0. The number of ether oxygens (including phenoxy) is 1. The second-order valence-corrected chi connectivity index (χ2v) is 6.11. The lowest BCUT2D eigenvalue weighted by atomic mass is 10.2. The molecule has 0 N–H and O–H groups in total. The van der Waals surface area contributed by atoms with Gasteiger partial charge in [-0.1, -0.05) is 6.07 Å². The Balaban J connectivity index is 2.21. The fourth-order valence-corrected chi connectivity index (χ4v) is 2.79. The molecule has 1 saturated heterocycles. The molecular formula is C17H24F3N3O2. The topological polar surface area (TPSA) is 36.0 Å². The summed E-state index contributed by atoms with van der Waals surface area (Å²) in [5, 5.41) is 0. The highest BCUT2D eigenvalue weighted by atomic mass is 19.4. The Morgan fingerprint density at radius 2 is 1.92 bits per heavy atom. The molecule has 0 aromatic heterocycles. The van der Waals surface area contributed by atoms with Gasteiger partial charge in [-0.15, -0.1) is 0 Å². The van der Waals surface area contributed by atoms with Crippen molar-refractivity contribution in [3.8, 4) is 0 Å². The Morgan fingerprint density at radius 3 is 2.52 bits per heavy atom. The number of halogens is 3. The molecule has 1 aliphatic heterocycles. The lowest BCUT2D eigenvalue weighted by Gasteiger charge is -2.34. The number of likely N-dealkylation sites (N-methyl/N-ethyl adjacent to an activating group) is 1. The summed E-state index contributed by atoms with van der Waals surface area (Å²) in [6.45, 7) is 3.64. The molecule has 2 rings (SSSR count). The van der Waals surface area contributed by atoms with Crippen molar-refractivity contribution in [3.05, 3.63) is 24.3 Å². The molecule has 0 unspecified atom stereocenters. The highest BCUT2D eigenvalue weighted by molar-refractivity contribution is 5.97. The number of benzene rings is 1. The van der Waals surface area contributed by atoms with Crippen LogP contribution in [0, 0.1) is 0 Å². The van der Waals surface area contributed by atoms with E-state index in [-0.39, 0.29) is 12.2 Å². The second kappa shape index (κ2) is 8.53. The third kappa shape index (κ3) is 5.34. The standard InChI is InChI=1S/C17H24F3N3O2/c1-21-8-10-22(11-9-21)14-5-3-6-15(13-14)23(7-4-12-25-2)16(24)17(18,19)20/h3,5-6,13H,4,7-12H2,1-2H3. The largest absolute Gasteiger partial charge is 0.471 e. The number of anilines is 2. The molecular weight excluding hydrogens is 335 g/mol. The summed E-state index contributed by atoms with van der Waals surface area (Å²) in [4.78, 5) is 16.9. The van der Waals surface area contributed by atoms with Crippen molar-refractivity contribution in [1.82, 2.24) is 4.90 Å². The van der Waals surface area contributed by atoms with Crippen LogP contribution >= 0.6 is 0 Å². The molecule has 1 aromatic rings. The van der Waals surface area contributed by atoms with Gasteiger partial charge in [-0.3, -0.25) is 4.79 Å². The monoisotopic (exact) mass is 359 g/mol. The molecule has 25 heavy (non-hydrogen) atoms. The second-order valence-electron chi connectivity index (χ2n) is 6.11. The molecule has 1 amide bonds. The van der Waals surface area contributed by atoms with Crippen molar-refractivity contribution in [3.63, 3.8) is 0 Å². The lowest BCUT2D eigenvalue weighted by molar-refractivity contribution is -0.170. The minimum Gasteiger partial charge on any atom is -0.385 e. The van der Waals surface area contributed by atoms with E-state index in [2.05, 4.69) is 9.80 Å². The lowest BCUT2D eigenvalue weighted by Crippen LogP contribution is -2.45. The number of alkyl halides is 3. The van der Waals surface area contributed by atoms with E-state index in [9.17, 15) is 18.0 Å². The average molecular weight is 359 g/mol. The fourth-order valence-electron chi connectivity index (χ4n) is 2.79. The highest BCUT2D eigenvalue weighted by Crippen LogP contribution is 2.27. The van der Waals surface area contributed by atoms with Crippen molar-refractivity contribution in [2.24, 2.45) is 0 Å². The van der Waals surface area contributed by atoms with Gasteiger partial charge in [0.1, 0.15) is 0 Å². The van der Waals surface area contributed by atoms with E-state index in [1.165, 1.54) is 13.2 Å². The van der Waals surface area contributed by atoms with Gasteiger partial charge in [-0.25, -0.2) is 0 Å². The smallest absolute Gasteiger partial charge is 0.385 e. The predicted octanol–water partition coefficient (Wildman–Crippen LogP) is 2.37. The van der Waals surface area contributed by atoms with E-state index in [1.807, 2.05) is 13.1 Å². The van der Waals surface area contributed by atoms with Gasteiger partial charge < -0.3 is 19.4 Å². The first kappa shape index (κ1) is 19.5. The Kier molecular flexibility index (Phi) is 6.66. The fraction of sp³-hybridized carbons (Fsp3) is 0.588. The van der Waals surface area contributed by atoms with Gasteiger partial charge in [-0.2, -0.15) is 13.2 Å². The number of hydrogen-bond acceptors (Lipinski definition) is 4. The number of carbonyl (C=O) groups excluding carboxylic acids is 1. The molecule has 1 aliphatic rings. The number of piperazine rings is 1. The Morgan fingerprint density at radius 1 is 1.24 bits per heavy atom. The third-order valence-corrected chi connectivity index (χ3v) is 4.23.